The van der Waals surface area contributed by atoms with Crippen LogP contribution in [0.25, 0.3) is 11.1 Å². The SMILES string of the molecule is CCCCCCc1cc(Nc2nccc(OC3CCNCC3)n2)cc(-c2ccccc2)c1. The highest BCUT2D eigenvalue weighted by Gasteiger charge is 2.15. The van der Waals surface area contributed by atoms with E-state index in [1.165, 1.54) is 42.4 Å². The molecule has 0 amide bonds. The maximum Gasteiger partial charge on any atom is 0.230 e. The quantitative estimate of drug-likeness (QED) is 0.378. The van der Waals surface area contributed by atoms with Crippen LogP contribution >= 0.6 is 0 Å². The lowest BCUT2D eigenvalue weighted by Crippen LogP contribution is -2.34. The fraction of sp³-hybridized carbons (Fsp3) is 0.407. The second kappa shape index (κ2) is 11.6. The lowest BCUT2D eigenvalue weighted by atomic mass is 9.99. The summed E-state index contributed by atoms with van der Waals surface area (Å²) in [6.07, 6.45) is 10.1. The molecule has 1 saturated heterocycles. The molecule has 2 N–H and O–H groups in total. The van der Waals surface area contributed by atoms with Crippen molar-refractivity contribution in [2.75, 3.05) is 18.4 Å². The standard InChI is InChI=1S/C27H34N4O/c1-2-3-4-6-9-21-18-23(22-10-7-5-8-11-22)20-24(19-21)30-27-29-17-14-26(31-27)32-25-12-15-28-16-13-25/h5,7-8,10-11,14,17-20,25,28H,2-4,6,9,12-13,15-16H2,1H3,(H,29,30,31). The third-order valence-corrected chi connectivity index (χ3v) is 5.88. The average molecular weight is 431 g/mol. The summed E-state index contributed by atoms with van der Waals surface area (Å²) in [6.45, 7) is 4.24. The number of benzene rings is 2. The van der Waals surface area contributed by atoms with Gasteiger partial charge in [-0.15, -0.1) is 0 Å². The van der Waals surface area contributed by atoms with Gasteiger partial charge in [0.1, 0.15) is 6.10 Å². The van der Waals surface area contributed by atoms with E-state index in [9.17, 15) is 0 Å². The van der Waals surface area contributed by atoms with Gasteiger partial charge < -0.3 is 15.4 Å². The molecule has 32 heavy (non-hydrogen) atoms. The Bertz CT molecular complexity index is 970. The fourth-order valence-corrected chi connectivity index (χ4v) is 4.14. The summed E-state index contributed by atoms with van der Waals surface area (Å²) in [5.74, 6) is 1.20. The van der Waals surface area contributed by atoms with Gasteiger partial charge in [-0.2, -0.15) is 4.98 Å². The summed E-state index contributed by atoms with van der Waals surface area (Å²) in [4.78, 5) is 9.05. The first-order valence-electron chi connectivity index (χ1n) is 12.0. The number of piperidine rings is 1. The Kier molecular flexibility index (Phi) is 8.10. The summed E-state index contributed by atoms with van der Waals surface area (Å²) in [5, 5.41) is 6.78. The van der Waals surface area contributed by atoms with Gasteiger partial charge in [0.2, 0.25) is 11.8 Å². The van der Waals surface area contributed by atoms with Gasteiger partial charge in [0.25, 0.3) is 0 Å². The number of nitrogens with one attached hydrogen (secondary N) is 2. The predicted octanol–water partition coefficient (Wildman–Crippen LogP) is 6.14. The molecule has 168 valence electrons. The number of hydrogen-bond acceptors (Lipinski definition) is 5. The van der Waals surface area contributed by atoms with Crippen LogP contribution in [0.4, 0.5) is 11.6 Å². The lowest BCUT2D eigenvalue weighted by molar-refractivity contribution is 0.156. The molecule has 0 saturated carbocycles. The van der Waals surface area contributed by atoms with E-state index in [0.29, 0.717) is 11.8 Å². The van der Waals surface area contributed by atoms with Gasteiger partial charge in [0.05, 0.1) is 0 Å². The van der Waals surface area contributed by atoms with Gasteiger partial charge in [-0.05, 0) is 67.6 Å². The van der Waals surface area contributed by atoms with Crippen molar-refractivity contribution < 1.29 is 4.74 Å². The Morgan fingerprint density at radius 1 is 0.969 bits per heavy atom. The second-order valence-corrected chi connectivity index (χ2v) is 8.51. The Morgan fingerprint density at radius 2 is 1.81 bits per heavy atom. The zero-order valence-corrected chi connectivity index (χ0v) is 19.0. The Hall–Kier alpha value is -2.92. The third kappa shape index (κ3) is 6.54. The van der Waals surface area contributed by atoms with E-state index in [1.54, 1.807) is 6.20 Å². The highest BCUT2D eigenvalue weighted by atomic mass is 16.5. The summed E-state index contributed by atoms with van der Waals surface area (Å²) < 4.78 is 6.10. The minimum atomic E-state index is 0.218. The average Bonchev–Trinajstić information content (AvgIpc) is 2.83. The molecule has 0 aliphatic carbocycles. The molecule has 0 atom stereocenters. The highest BCUT2D eigenvalue weighted by Crippen LogP contribution is 2.27. The minimum Gasteiger partial charge on any atom is -0.474 e. The van der Waals surface area contributed by atoms with E-state index in [0.717, 1.165) is 38.0 Å². The molecular weight excluding hydrogens is 396 g/mol. The molecular formula is C27H34N4O. The molecule has 2 aromatic carbocycles. The van der Waals surface area contributed by atoms with Crippen molar-refractivity contribution in [3.05, 3.63) is 66.4 Å². The third-order valence-electron chi connectivity index (χ3n) is 5.88. The Labute approximate surface area is 191 Å². The van der Waals surface area contributed by atoms with Crippen LogP contribution in [-0.4, -0.2) is 29.2 Å². The highest BCUT2D eigenvalue weighted by molar-refractivity contribution is 5.71. The normalized spacial score (nSPS) is 14.3. The topological polar surface area (TPSA) is 59.1 Å². The molecule has 3 aromatic rings. The van der Waals surface area contributed by atoms with E-state index in [2.05, 4.69) is 76.1 Å². The minimum absolute atomic E-state index is 0.218. The number of aryl methyl sites for hydroxylation is 1. The smallest absolute Gasteiger partial charge is 0.230 e. The molecule has 0 radical (unpaired) electrons. The number of hydrogen-bond donors (Lipinski definition) is 2. The molecule has 0 spiro atoms. The van der Waals surface area contributed by atoms with Crippen molar-refractivity contribution >= 4 is 11.6 Å². The molecule has 0 unspecified atom stereocenters. The maximum atomic E-state index is 6.10. The van der Waals surface area contributed by atoms with Crippen LogP contribution in [0.5, 0.6) is 5.88 Å². The summed E-state index contributed by atoms with van der Waals surface area (Å²) in [7, 11) is 0. The first kappa shape index (κ1) is 22.3. The molecule has 5 nitrogen and oxygen atoms in total. The zero-order valence-electron chi connectivity index (χ0n) is 19.0. The van der Waals surface area contributed by atoms with Crippen LogP contribution in [0, 0.1) is 0 Å². The first-order valence-corrected chi connectivity index (χ1v) is 12.0. The van der Waals surface area contributed by atoms with Gasteiger partial charge in [0.15, 0.2) is 0 Å². The van der Waals surface area contributed by atoms with Crippen LogP contribution in [0.2, 0.25) is 0 Å². The van der Waals surface area contributed by atoms with Crippen LogP contribution in [0.1, 0.15) is 51.0 Å². The molecule has 0 bridgehead atoms. The number of ether oxygens (including phenoxy) is 1. The Balaban J connectivity index is 1.52. The van der Waals surface area contributed by atoms with Gasteiger partial charge in [-0.25, -0.2) is 4.98 Å². The van der Waals surface area contributed by atoms with Crippen LogP contribution in [0.15, 0.2) is 60.8 Å². The second-order valence-electron chi connectivity index (χ2n) is 8.51. The van der Waals surface area contributed by atoms with Crippen LogP contribution in [-0.2, 0) is 6.42 Å². The molecule has 1 aliphatic rings. The molecule has 1 aromatic heterocycles. The van der Waals surface area contributed by atoms with Crippen molar-refractivity contribution in [1.82, 2.24) is 15.3 Å². The molecule has 1 aliphatic heterocycles. The number of aromatic nitrogens is 2. The monoisotopic (exact) mass is 430 g/mol. The maximum absolute atomic E-state index is 6.10. The van der Waals surface area contributed by atoms with E-state index < -0.39 is 0 Å². The van der Waals surface area contributed by atoms with Crippen molar-refractivity contribution in [2.24, 2.45) is 0 Å². The number of unbranched alkanes of at least 4 members (excludes halogenated alkanes) is 3. The van der Waals surface area contributed by atoms with Crippen molar-refractivity contribution in [3.63, 3.8) is 0 Å². The lowest BCUT2D eigenvalue weighted by Gasteiger charge is -2.23. The van der Waals surface area contributed by atoms with Gasteiger partial charge in [-0.3, -0.25) is 0 Å². The van der Waals surface area contributed by atoms with E-state index in [4.69, 9.17) is 4.74 Å². The van der Waals surface area contributed by atoms with E-state index >= 15 is 0 Å². The van der Waals surface area contributed by atoms with Crippen LogP contribution in [0.3, 0.4) is 0 Å². The number of nitrogens with zero attached hydrogens (tertiary/aromatic N) is 2. The molecule has 1 fully saturated rings. The van der Waals surface area contributed by atoms with E-state index in [-0.39, 0.29) is 6.10 Å². The van der Waals surface area contributed by atoms with Crippen molar-refractivity contribution in [1.29, 1.82) is 0 Å². The predicted molar refractivity (Wildman–Crippen MR) is 132 cm³/mol. The molecule has 4 rings (SSSR count). The van der Waals surface area contributed by atoms with Crippen molar-refractivity contribution in [3.8, 4) is 17.0 Å². The van der Waals surface area contributed by atoms with Gasteiger partial charge >= 0.3 is 0 Å². The fourth-order valence-electron chi connectivity index (χ4n) is 4.14. The van der Waals surface area contributed by atoms with Crippen LogP contribution < -0.4 is 15.4 Å². The summed E-state index contributed by atoms with van der Waals surface area (Å²) in [5.41, 5.74) is 4.78. The zero-order chi connectivity index (χ0) is 22.0. The van der Waals surface area contributed by atoms with E-state index in [1.807, 2.05) is 6.07 Å². The summed E-state index contributed by atoms with van der Waals surface area (Å²) in [6, 6.07) is 19.1. The Morgan fingerprint density at radius 3 is 2.62 bits per heavy atom. The largest absolute Gasteiger partial charge is 0.474 e. The summed E-state index contributed by atoms with van der Waals surface area (Å²) >= 11 is 0. The molecule has 5 heteroatoms. The molecule has 2 heterocycles. The van der Waals surface area contributed by atoms with Gasteiger partial charge in [-0.1, -0.05) is 62.6 Å². The van der Waals surface area contributed by atoms with Gasteiger partial charge in [0, 0.05) is 18.0 Å². The van der Waals surface area contributed by atoms with Crippen molar-refractivity contribution in [2.45, 2.75) is 58.0 Å². The first-order chi connectivity index (χ1) is 15.8. The number of rotatable bonds is 10. The number of anilines is 2.